The van der Waals surface area contributed by atoms with Crippen molar-refractivity contribution < 1.29 is 17.6 Å². The Labute approximate surface area is 171 Å². The zero-order chi connectivity index (χ0) is 20.9. The van der Waals surface area contributed by atoms with Crippen LogP contribution < -0.4 is 10.2 Å². The van der Waals surface area contributed by atoms with Gasteiger partial charge in [0.15, 0.2) is 9.84 Å². The van der Waals surface area contributed by atoms with E-state index in [0.29, 0.717) is 0 Å². The molecule has 1 aliphatic heterocycles. The van der Waals surface area contributed by atoms with Crippen molar-refractivity contribution in [1.82, 2.24) is 10.3 Å². The Morgan fingerprint density at radius 3 is 2.34 bits per heavy atom. The van der Waals surface area contributed by atoms with E-state index in [2.05, 4.69) is 15.2 Å². The average Bonchev–Trinajstić information content (AvgIpc) is 3.01. The molecule has 0 bridgehead atoms. The van der Waals surface area contributed by atoms with Crippen LogP contribution in [0, 0.1) is 5.82 Å². The van der Waals surface area contributed by atoms with E-state index in [4.69, 9.17) is 0 Å². The number of hydrogen-bond acceptors (Lipinski definition) is 5. The summed E-state index contributed by atoms with van der Waals surface area (Å²) < 4.78 is 38.1. The molecule has 1 saturated heterocycles. The summed E-state index contributed by atoms with van der Waals surface area (Å²) in [6.45, 7) is 3.52. The highest BCUT2D eigenvalue weighted by Crippen LogP contribution is 2.18. The Hall–Kier alpha value is -2.48. The van der Waals surface area contributed by atoms with Crippen LogP contribution in [0.5, 0.6) is 0 Å². The normalized spacial score (nSPS) is 16.1. The van der Waals surface area contributed by atoms with Crippen molar-refractivity contribution in [3.05, 3.63) is 54.0 Å². The molecule has 0 spiro atoms. The molecule has 0 radical (unpaired) electrons. The highest BCUT2D eigenvalue weighted by molar-refractivity contribution is 7.92. The van der Waals surface area contributed by atoms with E-state index in [1.54, 1.807) is 6.20 Å². The number of benzene rings is 1. The van der Waals surface area contributed by atoms with Gasteiger partial charge in [0, 0.05) is 25.8 Å². The summed E-state index contributed by atoms with van der Waals surface area (Å²) in [6, 6.07) is 8.29. The number of sulfone groups is 1. The van der Waals surface area contributed by atoms with Gasteiger partial charge in [0.25, 0.3) is 0 Å². The van der Waals surface area contributed by atoms with Gasteiger partial charge in [-0.05, 0) is 55.7 Å². The van der Waals surface area contributed by atoms with Crippen molar-refractivity contribution in [3.8, 4) is 0 Å². The first kappa shape index (κ1) is 21.2. The SMILES string of the molecule is CC(C(=O)NCc1ccc(N2CCCCCC2)nc1)S(=O)(=O)c1ccc(F)cc1. The van der Waals surface area contributed by atoms with Gasteiger partial charge in [-0.25, -0.2) is 17.8 Å². The molecular weight excluding hydrogens is 393 g/mol. The summed E-state index contributed by atoms with van der Waals surface area (Å²) in [5, 5.41) is 1.37. The van der Waals surface area contributed by atoms with E-state index in [-0.39, 0.29) is 11.4 Å². The predicted molar refractivity (Wildman–Crippen MR) is 110 cm³/mol. The van der Waals surface area contributed by atoms with Crippen LogP contribution in [0.25, 0.3) is 0 Å². The van der Waals surface area contributed by atoms with Crippen LogP contribution >= 0.6 is 0 Å². The first-order chi connectivity index (χ1) is 13.9. The standard InChI is InChI=1S/C21H26FN3O3S/c1-16(29(27,28)19-9-7-18(22)8-10-19)21(26)24-15-17-6-11-20(23-14-17)25-12-4-2-3-5-13-25/h6-11,14,16H,2-5,12-13,15H2,1H3,(H,24,26). The molecule has 0 aliphatic carbocycles. The Kier molecular flexibility index (Phi) is 6.84. The molecule has 1 fully saturated rings. The summed E-state index contributed by atoms with van der Waals surface area (Å²) in [5.41, 5.74) is 0.795. The van der Waals surface area contributed by atoms with Gasteiger partial charge in [0.05, 0.1) is 4.90 Å². The zero-order valence-electron chi connectivity index (χ0n) is 16.5. The first-order valence-electron chi connectivity index (χ1n) is 9.85. The van der Waals surface area contributed by atoms with E-state index < -0.39 is 26.8 Å². The minimum Gasteiger partial charge on any atom is -0.357 e. The summed E-state index contributed by atoms with van der Waals surface area (Å²) in [5.74, 6) is -0.211. The third-order valence-electron chi connectivity index (χ3n) is 5.18. The highest BCUT2D eigenvalue weighted by Gasteiger charge is 2.29. The number of nitrogens with zero attached hydrogens (tertiary/aromatic N) is 2. The largest absolute Gasteiger partial charge is 0.357 e. The van der Waals surface area contributed by atoms with Crippen LogP contribution in [0.3, 0.4) is 0 Å². The first-order valence-corrected chi connectivity index (χ1v) is 11.4. The number of rotatable bonds is 6. The van der Waals surface area contributed by atoms with E-state index >= 15 is 0 Å². The number of pyridine rings is 1. The summed E-state index contributed by atoms with van der Waals surface area (Å²) in [4.78, 5) is 19.0. The maximum absolute atomic E-state index is 13.0. The minimum absolute atomic E-state index is 0.0787. The molecule has 1 N–H and O–H groups in total. The van der Waals surface area contributed by atoms with Crippen LogP contribution in [0.4, 0.5) is 10.2 Å². The number of anilines is 1. The van der Waals surface area contributed by atoms with Gasteiger partial charge < -0.3 is 10.2 Å². The lowest BCUT2D eigenvalue weighted by molar-refractivity contribution is -0.120. The molecule has 2 aromatic rings. The lowest BCUT2D eigenvalue weighted by atomic mass is 10.2. The highest BCUT2D eigenvalue weighted by atomic mass is 32.2. The fraction of sp³-hybridized carbons (Fsp3) is 0.429. The van der Waals surface area contributed by atoms with Crippen LogP contribution in [-0.2, 0) is 21.2 Å². The number of carbonyl (C=O) groups is 1. The van der Waals surface area contributed by atoms with Crippen molar-refractivity contribution in [2.75, 3.05) is 18.0 Å². The second-order valence-corrected chi connectivity index (χ2v) is 9.55. The molecule has 2 heterocycles. The van der Waals surface area contributed by atoms with Gasteiger partial charge >= 0.3 is 0 Å². The molecule has 1 atom stereocenters. The molecule has 0 saturated carbocycles. The van der Waals surface area contributed by atoms with Crippen LogP contribution in [0.2, 0.25) is 0 Å². The Balaban J connectivity index is 1.58. The number of amides is 1. The monoisotopic (exact) mass is 419 g/mol. The Morgan fingerprint density at radius 2 is 1.76 bits per heavy atom. The third kappa shape index (κ3) is 5.32. The summed E-state index contributed by atoms with van der Waals surface area (Å²) in [7, 11) is -3.89. The third-order valence-corrected chi connectivity index (χ3v) is 7.26. The molecule has 1 aliphatic rings. The molecule has 8 heteroatoms. The molecule has 1 unspecified atom stereocenters. The second-order valence-electron chi connectivity index (χ2n) is 7.28. The van der Waals surface area contributed by atoms with Gasteiger partial charge in [-0.2, -0.15) is 0 Å². The van der Waals surface area contributed by atoms with Gasteiger partial charge in [-0.3, -0.25) is 4.79 Å². The fourth-order valence-corrected chi connectivity index (χ4v) is 4.60. The topological polar surface area (TPSA) is 79.4 Å². The van der Waals surface area contributed by atoms with Crippen molar-refractivity contribution in [2.45, 2.75) is 49.3 Å². The molecule has 3 rings (SSSR count). The lowest BCUT2D eigenvalue weighted by Crippen LogP contribution is -2.37. The molecular formula is C21H26FN3O3S. The fourth-order valence-electron chi connectivity index (χ4n) is 3.31. The Bertz CT molecular complexity index is 923. The maximum atomic E-state index is 13.0. The van der Waals surface area contributed by atoms with Crippen molar-refractivity contribution in [3.63, 3.8) is 0 Å². The molecule has 29 heavy (non-hydrogen) atoms. The van der Waals surface area contributed by atoms with Gasteiger partial charge in [-0.1, -0.05) is 18.9 Å². The van der Waals surface area contributed by atoms with E-state index in [9.17, 15) is 17.6 Å². The molecule has 1 aromatic carbocycles. The second kappa shape index (κ2) is 9.35. The average molecular weight is 420 g/mol. The van der Waals surface area contributed by atoms with Gasteiger partial charge in [0.2, 0.25) is 5.91 Å². The number of hydrogen-bond donors (Lipinski definition) is 1. The molecule has 1 amide bonds. The van der Waals surface area contributed by atoms with E-state index in [0.717, 1.165) is 36.6 Å². The van der Waals surface area contributed by atoms with E-state index in [1.165, 1.54) is 44.7 Å². The van der Waals surface area contributed by atoms with Crippen molar-refractivity contribution in [1.29, 1.82) is 0 Å². The van der Waals surface area contributed by atoms with Crippen LogP contribution in [0.15, 0.2) is 47.5 Å². The van der Waals surface area contributed by atoms with Crippen LogP contribution in [0.1, 0.15) is 38.2 Å². The van der Waals surface area contributed by atoms with Gasteiger partial charge in [0.1, 0.15) is 16.9 Å². The molecule has 1 aromatic heterocycles. The van der Waals surface area contributed by atoms with Crippen molar-refractivity contribution in [2.24, 2.45) is 0 Å². The Morgan fingerprint density at radius 1 is 1.10 bits per heavy atom. The summed E-state index contributed by atoms with van der Waals surface area (Å²) in [6.07, 6.45) is 6.54. The van der Waals surface area contributed by atoms with E-state index in [1.807, 2.05) is 12.1 Å². The quantitative estimate of drug-likeness (QED) is 0.728. The molecule has 6 nitrogen and oxygen atoms in total. The summed E-state index contributed by atoms with van der Waals surface area (Å²) >= 11 is 0. The smallest absolute Gasteiger partial charge is 0.238 e. The minimum atomic E-state index is -3.89. The lowest BCUT2D eigenvalue weighted by Gasteiger charge is -2.21. The van der Waals surface area contributed by atoms with Gasteiger partial charge in [-0.15, -0.1) is 0 Å². The molecule has 156 valence electrons. The number of carbonyl (C=O) groups excluding carboxylic acids is 1. The zero-order valence-corrected chi connectivity index (χ0v) is 17.3. The number of aromatic nitrogens is 1. The van der Waals surface area contributed by atoms with Crippen molar-refractivity contribution >= 4 is 21.6 Å². The number of halogens is 1. The number of nitrogens with one attached hydrogen (secondary N) is 1. The maximum Gasteiger partial charge on any atom is 0.238 e. The van der Waals surface area contributed by atoms with Crippen LogP contribution in [-0.4, -0.2) is 37.6 Å². The predicted octanol–water partition coefficient (Wildman–Crippen LogP) is 3.08.